The lowest BCUT2D eigenvalue weighted by Gasteiger charge is -2.23. The third-order valence-corrected chi connectivity index (χ3v) is 4.68. The first-order chi connectivity index (χ1) is 8.37. The first-order valence-corrected chi connectivity index (χ1v) is 8.42. The lowest BCUT2D eigenvalue weighted by molar-refractivity contribution is -0.132. The van der Waals surface area contributed by atoms with Gasteiger partial charge in [0, 0.05) is 25.4 Å². The smallest absolute Gasteiger partial charge is 0.239 e. The fourth-order valence-corrected chi connectivity index (χ4v) is 3.00. The van der Waals surface area contributed by atoms with Gasteiger partial charge in [-0.2, -0.15) is 0 Å². The van der Waals surface area contributed by atoms with E-state index in [1.165, 1.54) is 0 Å². The van der Waals surface area contributed by atoms with E-state index < -0.39 is 9.84 Å². The predicted molar refractivity (Wildman–Crippen MR) is 74.3 cm³/mol. The average molecular weight is 278 g/mol. The monoisotopic (exact) mass is 278 g/mol. The Kier molecular flexibility index (Phi) is 8.18. The number of nitrogens with zero attached hydrogens (tertiary/aromatic N) is 1. The van der Waals surface area contributed by atoms with Crippen molar-refractivity contribution >= 4 is 15.7 Å². The maximum Gasteiger partial charge on any atom is 0.239 e. The van der Waals surface area contributed by atoms with Crippen molar-refractivity contribution in [1.82, 2.24) is 10.2 Å². The molecule has 0 radical (unpaired) electrons. The van der Waals surface area contributed by atoms with Crippen LogP contribution in [0.2, 0.25) is 0 Å². The molecule has 18 heavy (non-hydrogen) atoms. The van der Waals surface area contributed by atoms with Crippen LogP contribution < -0.4 is 5.32 Å². The van der Waals surface area contributed by atoms with E-state index in [0.29, 0.717) is 26.1 Å². The molecule has 1 unspecified atom stereocenters. The van der Waals surface area contributed by atoms with Crippen LogP contribution in [0.4, 0.5) is 0 Å². The minimum Gasteiger partial charge on any atom is -0.342 e. The second-order valence-corrected chi connectivity index (χ2v) is 6.64. The highest BCUT2D eigenvalue weighted by molar-refractivity contribution is 7.91. The second kappa shape index (κ2) is 8.48. The van der Waals surface area contributed by atoms with Crippen LogP contribution in [0.15, 0.2) is 0 Å². The second-order valence-electron chi connectivity index (χ2n) is 4.34. The molecule has 1 N–H and O–H groups in total. The Morgan fingerprint density at radius 3 is 2.17 bits per heavy atom. The molecule has 0 bridgehead atoms. The van der Waals surface area contributed by atoms with E-state index in [1.807, 2.05) is 20.8 Å². The molecule has 0 aromatic carbocycles. The van der Waals surface area contributed by atoms with Gasteiger partial charge >= 0.3 is 0 Å². The number of sulfone groups is 1. The van der Waals surface area contributed by atoms with Crippen molar-refractivity contribution in [2.45, 2.75) is 40.2 Å². The topological polar surface area (TPSA) is 66.5 Å². The molecule has 0 aromatic heterocycles. The molecule has 0 rings (SSSR count). The Labute approximate surface area is 111 Å². The summed E-state index contributed by atoms with van der Waals surface area (Å²) in [7, 11) is -2.97. The van der Waals surface area contributed by atoms with Crippen molar-refractivity contribution in [3.63, 3.8) is 0 Å². The van der Waals surface area contributed by atoms with Crippen LogP contribution in [0.25, 0.3) is 0 Å². The lowest BCUT2D eigenvalue weighted by atomic mass is 10.3. The fraction of sp³-hybridized carbons (Fsp3) is 0.917. The summed E-state index contributed by atoms with van der Waals surface area (Å²) in [5.41, 5.74) is 0. The Morgan fingerprint density at radius 2 is 1.72 bits per heavy atom. The van der Waals surface area contributed by atoms with Crippen LogP contribution >= 0.6 is 0 Å². The number of amides is 1. The fourth-order valence-electron chi connectivity index (χ4n) is 1.74. The largest absolute Gasteiger partial charge is 0.342 e. The maximum absolute atomic E-state index is 11.9. The minimum absolute atomic E-state index is 0.0212. The summed E-state index contributed by atoms with van der Waals surface area (Å²) in [5.74, 6) is 0.330. The third-order valence-electron chi connectivity index (χ3n) is 2.82. The molecule has 0 saturated carbocycles. The van der Waals surface area contributed by atoms with E-state index in [9.17, 15) is 13.2 Å². The average Bonchev–Trinajstić information content (AvgIpc) is 2.29. The van der Waals surface area contributed by atoms with Crippen molar-refractivity contribution in [3.05, 3.63) is 0 Å². The Morgan fingerprint density at radius 1 is 1.17 bits per heavy atom. The summed E-state index contributed by atoms with van der Waals surface area (Å²) in [6.07, 6.45) is 0.635. The van der Waals surface area contributed by atoms with Gasteiger partial charge in [0.15, 0.2) is 9.84 Å². The van der Waals surface area contributed by atoms with Crippen molar-refractivity contribution in [3.8, 4) is 0 Å². The minimum atomic E-state index is -2.97. The number of likely N-dealkylation sites (N-methyl/N-ethyl adjacent to an activating group) is 1. The van der Waals surface area contributed by atoms with E-state index in [1.54, 1.807) is 11.8 Å². The molecule has 108 valence electrons. The van der Waals surface area contributed by atoms with Crippen molar-refractivity contribution in [1.29, 1.82) is 0 Å². The van der Waals surface area contributed by atoms with Gasteiger partial charge in [-0.05, 0) is 27.2 Å². The highest BCUT2D eigenvalue weighted by atomic mass is 32.2. The maximum atomic E-state index is 11.9. The van der Waals surface area contributed by atoms with E-state index >= 15 is 0 Å². The van der Waals surface area contributed by atoms with Gasteiger partial charge in [-0.1, -0.05) is 6.92 Å². The van der Waals surface area contributed by atoms with Gasteiger partial charge < -0.3 is 10.2 Å². The zero-order valence-corrected chi connectivity index (χ0v) is 12.7. The molecule has 0 aliphatic carbocycles. The molecule has 0 saturated heterocycles. The first kappa shape index (κ1) is 17.4. The lowest BCUT2D eigenvalue weighted by Crippen LogP contribution is -2.45. The summed E-state index contributed by atoms with van der Waals surface area (Å²) >= 11 is 0. The van der Waals surface area contributed by atoms with Crippen LogP contribution in [-0.2, 0) is 14.6 Å². The van der Waals surface area contributed by atoms with Crippen molar-refractivity contribution < 1.29 is 13.2 Å². The highest BCUT2D eigenvalue weighted by Crippen LogP contribution is 1.96. The summed E-state index contributed by atoms with van der Waals surface area (Å²) in [6, 6.07) is -0.332. The van der Waals surface area contributed by atoms with E-state index in [0.717, 1.165) is 0 Å². The zero-order chi connectivity index (χ0) is 14.2. The zero-order valence-electron chi connectivity index (χ0n) is 11.9. The van der Waals surface area contributed by atoms with Crippen molar-refractivity contribution in [2.75, 3.05) is 31.1 Å². The summed E-state index contributed by atoms with van der Waals surface area (Å²) < 4.78 is 23.0. The first-order valence-electron chi connectivity index (χ1n) is 6.60. The molecule has 0 fully saturated rings. The van der Waals surface area contributed by atoms with Crippen LogP contribution in [0.1, 0.15) is 34.1 Å². The number of carbonyl (C=O) groups is 1. The Balaban J connectivity index is 4.11. The predicted octanol–water partition coefficient (Wildman–Crippen LogP) is 0.658. The van der Waals surface area contributed by atoms with Gasteiger partial charge in [0.25, 0.3) is 0 Å². The van der Waals surface area contributed by atoms with Crippen LogP contribution in [0.3, 0.4) is 0 Å². The standard InChI is InChI=1S/C12H26N2O3S/c1-5-9-18(16,17)10-8-13-11(4)12(15)14(6-2)7-3/h11,13H,5-10H2,1-4H3. The summed E-state index contributed by atoms with van der Waals surface area (Å²) in [4.78, 5) is 13.6. The number of hydrogen-bond donors (Lipinski definition) is 1. The quantitative estimate of drug-likeness (QED) is 0.673. The van der Waals surface area contributed by atoms with Gasteiger partial charge in [0.05, 0.1) is 11.8 Å². The van der Waals surface area contributed by atoms with Gasteiger partial charge in [-0.15, -0.1) is 0 Å². The molecular weight excluding hydrogens is 252 g/mol. The van der Waals surface area contributed by atoms with E-state index in [4.69, 9.17) is 0 Å². The van der Waals surface area contributed by atoms with E-state index in [2.05, 4.69) is 5.32 Å². The molecule has 1 atom stereocenters. The number of hydrogen-bond acceptors (Lipinski definition) is 4. The summed E-state index contributed by atoms with van der Waals surface area (Å²) in [6.45, 7) is 9.16. The van der Waals surface area contributed by atoms with Crippen LogP contribution in [0.5, 0.6) is 0 Å². The van der Waals surface area contributed by atoms with Gasteiger partial charge in [-0.25, -0.2) is 8.42 Å². The molecule has 0 aromatic rings. The third kappa shape index (κ3) is 6.35. The summed E-state index contributed by atoms with van der Waals surface area (Å²) in [5, 5.41) is 2.98. The highest BCUT2D eigenvalue weighted by Gasteiger charge is 2.18. The number of nitrogens with one attached hydrogen (secondary N) is 1. The molecule has 1 amide bonds. The van der Waals surface area contributed by atoms with Crippen molar-refractivity contribution in [2.24, 2.45) is 0 Å². The molecule has 0 aliphatic rings. The molecule has 0 spiro atoms. The molecule has 0 heterocycles. The molecule has 0 aliphatic heterocycles. The number of carbonyl (C=O) groups excluding carboxylic acids is 1. The van der Waals surface area contributed by atoms with Gasteiger partial charge in [0.2, 0.25) is 5.91 Å². The van der Waals surface area contributed by atoms with Crippen LogP contribution in [0, 0.1) is 0 Å². The van der Waals surface area contributed by atoms with Crippen LogP contribution in [-0.4, -0.2) is 56.4 Å². The Hall–Kier alpha value is -0.620. The van der Waals surface area contributed by atoms with E-state index in [-0.39, 0.29) is 23.5 Å². The van der Waals surface area contributed by atoms with Gasteiger partial charge in [0.1, 0.15) is 0 Å². The Bertz CT molecular complexity index is 337. The molecule has 5 nitrogen and oxygen atoms in total. The van der Waals surface area contributed by atoms with Gasteiger partial charge in [-0.3, -0.25) is 4.79 Å². The SMILES string of the molecule is CCCS(=O)(=O)CCNC(C)C(=O)N(CC)CC. The molecule has 6 heteroatoms. The molecular formula is C12H26N2O3S. The number of rotatable bonds is 9. The normalized spacial score (nSPS) is 13.3.